The van der Waals surface area contributed by atoms with Gasteiger partial charge in [0.2, 0.25) is 0 Å². The summed E-state index contributed by atoms with van der Waals surface area (Å²) in [4.78, 5) is 2.54. The number of nitrogens with zero attached hydrogens (tertiary/aromatic N) is 1. The third kappa shape index (κ3) is 3.07. The molecular weight excluding hydrogens is 252 g/mol. The van der Waals surface area contributed by atoms with Crippen LogP contribution < -0.4 is 14.8 Å². The van der Waals surface area contributed by atoms with Crippen LogP contribution in [0.3, 0.4) is 0 Å². The fraction of sp³-hybridized carbons (Fsp3) is 0.625. The SMILES string of the molecule is COc1ccc(OCCN2CCC3(CCNC3)C2)cc1. The van der Waals surface area contributed by atoms with E-state index < -0.39 is 0 Å². The van der Waals surface area contributed by atoms with Gasteiger partial charge in [0.25, 0.3) is 0 Å². The minimum atomic E-state index is 0.556. The highest BCUT2D eigenvalue weighted by atomic mass is 16.5. The molecule has 1 aromatic carbocycles. The monoisotopic (exact) mass is 276 g/mol. The van der Waals surface area contributed by atoms with Gasteiger partial charge < -0.3 is 14.8 Å². The quantitative estimate of drug-likeness (QED) is 0.888. The van der Waals surface area contributed by atoms with E-state index in [1.807, 2.05) is 24.3 Å². The normalized spacial score (nSPS) is 26.2. The van der Waals surface area contributed by atoms with Gasteiger partial charge in [-0.1, -0.05) is 0 Å². The molecular formula is C16H24N2O2. The lowest BCUT2D eigenvalue weighted by Crippen LogP contribution is -2.31. The van der Waals surface area contributed by atoms with Crippen molar-refractivity contribution in [2.24, 2.45) is 5.41 Å². The zero-order valence-corrected chi connectivity index (χ0v) is 12.2. The molecule has 1 N–H and O–H groups in total. The standard InChI is InChI=1S/C16H24N2O2/c1-19-14-2-4-15(5-3-14)20-11-10-18-9-7-16(13-18)6-8-17-12-16/h2-5,17H,6-13H2,1H3. The van der Waals surface area contributed by atoms with Crippen LogP contribution in [0.1, 0.15) is 12.8 Å². The summed E-state index contributed by atoms with van der Waals surface area (Å²) in [7, 11) is 1.68. The van der Waals surface area contributed by atoms with Gasteiger partial charge in [-0.15, -0.1) is 0 Å². The van der Waals surface area contributed by atoms with Crippen LogP contribution in [0.15, 0.2) is 24.3 Å². The van der Waals surface area contributed by atoms with Crippen LogP contribution in [-0.2, 0) is 0 Å². The zero-order valence-electron chi connectivity index (χ0n) is 12.2. The second kappa shape index (κ2) is 6.02. The van der Waals surface area contributed by atoms with E-state index in [9.17, 15) is 0 Å². The highest BCUT2D eigenvalue weighted by Gasteiger charge is 2.39. The largest absolute Gasteiger partial charge is 0.497 e. The maximum absolute atomic E-state index is 5.81. The first-order valence-corrected chi connectivity index (χ1v) is 7.50. The number of likely N-dealkylation sites (tertiary alicyclic amines) is 1. The first-order valence-electron chi connectivity index (χ1n) is 7.50. The van der Waals surface area contributed by atoms with Crippen LogP contribution in [0, 0.1) is 5.41 Å². The molecule has 110 valence electrons. The lowest BCUT2D eigenvalue weighted by molar-refractivity contribution is 0.217. The Kier molecular flexibility index (Phi) is 4.13. The fourth-order valence-electron chi connectivity index (χ4n) is 3.33. The molecule has 0 radical (unpaired) electrons. The molecule has 0 bridgehead atoms. The summed E-state index contributed by atoms with van der Waals surface area (Å²) >= 11 is 0. The molecule has 2 heterocycles. The minimum absolute atomic E-state index is 0.556. The molecule has 20 heavy (non-hydrogen) atoms. The highest BCUT2D eigenvalue weighted by Crippen LogP contribution is 2.35. The molecule has 0 amide bonds. The Bertz CT molecular complexity index is 427. The van der Waals surface area contributed by atoms with Crippen LogP contribution >= 0.6 is 0 Å². The number of nitrogens with one attached hydrogen (secondary N) is 1. The Morgan fingerprint density at radius 1 is 1.20 bits per heavy atom. The minimum Gasteiger partial charge on any atom is -0.497 e. The van der Waals surface area contributed by atoms with Crippen LogP contribution in [-0.4, -0.2) is 51.3 Å². The Hall–Kier alpha value is -1.26. The average molecular weight is 276 g/mol. The number of methoxy groups -OCH3 is 1. The summed E-state index contributed by atoms with van der Waals surface area (Å²) in [6.45, 7) is 6.61. The maximum Gasteiger partial charge on any atom is 0.119 e. The molecule has 2 fully saturated rings. The van der Waals surface area contributed by atoms with E-state index in [1.165, 1.54) is 39.0 Å². The molecule has 2 aliphatic heterocycles. The van der Waals surface area contributed by atoms with Crippen LogP contribution in [0.2, 0.25) is 0 Å². The van der Waals surface area contributed by atoms with E-state index >= 15 is 0 Å². The van der Waals surface area contributed by atoms with Gasteiger partial charge in [0.1, 0.15) is 18.1 Å². The lowest BCUT2D eigenvalue weighted by atomic mass is 9.87. The highest BCUT2D eigenvalue weighted by molar-refractivity contribution is 5.31. The summed E-state index contributed by atoms with van der Waals surface area (Å²) in [5.41, 5.74) is 0.556. The molecule has 1 spiro atoms. The molecule has 2 saturated heterocycles. The predicted molar refractivity (Wildman–Crippen MR) is 79.5 cm³/mol. The summed E-state index contributed by atoms with van der Waals surface area (Å²) in [5.74, 6) is 1.79. The third-order valence-corrected chi connectivity index (χ3v) is 4.59. The van der Waals surface area contributed by atoms with Gasteiger partial charge >= 0.3 is 0 Å². The van der Waals surface area contributed by atoms with Gasteiger partial charge in [-0.25, -0.2) is 0 Å². The maximum atomic E-state index is 5.81. The van der Waals surface area contributed by atoms with E-state index in [0.717, 1.165) is 24.7 Å². The van der Waals surface area contributed by atoms with E-state index in [-0.39, 0.29) is 0 Å². The van der Waals surface area contributed by atoms with E-state index in [1.54, 1.807) is 7.11 Å². The smallest absolute Gasteiger partial charge is 0.119 e. The van der Waals surface area contributed by atoms with Gasteiger partial charge in [-0.05, 0) is 55.6 Å². The van der Waals surface area contributed by atoms with Crippen LogP contribution in [0.5, 0.6) is 11.5 Å². The Balaban J connectivity index is 1.41. The number of hydrogen-bond donors (Lipinski definition) is 1. The van der Waals surface area contributed by atoms with Gasteiger partial charge in [0.15, 0.2) is 0 Å². The van der Waals surface area contributed by atoms with Crippen molar-refractivity contribution in [2.75, 3.05) is 46.4 Å². The molecule has 2 aliphatic rings. The first kappa shape index (κ1) is 13.7. The molecule has 0 saturated carbocycles. The Morgan fingerprint density at radius 2 is 2.00 bits per heavy atom. The van der Waals surface area contributed by atoms with Crippen molar-refractivity contribution >= 4 is 0 Å². The topological polar surface area (TPSA) is 33.7 Å². The second-order valence-corrected chi connectivity index (χ2v) is 5.98. The summed E-state index contributed by atoms with van der Waals surface area (Å²) < 4.78 is 10.9. The van der Waals surface area contributed by atoms with Crippen LogP contribution in [0.25, 0.3) is 0 Å². The van der Waals surface area contributed by atoms with Crippen molar-refractivity contribution < 1.29 is 9.47 Å². The van der Waals surface area contributed by atoms with Crippen molar-refractivity contribution in [2.45, 2.75) is 12.8 Å². The molecule has 4 nitrogen and oxygen atoms in total. The third-order valence-electron chi connectivity index (χ3n) is 4.59. The molecule has 0 aromatic heterocycles. The molecule has 1 atom stereocenters. The molecule has 4 heteroatoms. The van der Waals surface area contributed by atoms with Crippen molar-refractivity contribution in [1.29, 1.82) is 0 Å². The van der Waals surface area contributed by atoms with E-state index in [4.69, 9.17) is 9.47 Å². The van der Waals surface area contributed by atoms with Crippen molar-refractivity contribution in [3.8, 4) is 11.5 Å². The molecule has 1 aromatic rings. The Morgan fingerprint density at radius 3 is 2.70 bits per heavy atom. The first-order chi connectivity index (χ1) is 9.80. The molecule has 3 rings (SSSR count). The van der Waals surface area contributed by atoms with Gasteiger partial charge in [0, 0.05) is 19.6 Å². The Labute approximate surface area is 121 Å². The van der Waals surface area contributed by atoms with Crippen molar-refractivity contribution in [3.63, 3.8) is 0 Å². The number of hydrogen-bond acceptors (Lipinski definition) is 4. The summed E-state index contributed by atoms with van der Waals surface area (Å²) in [5, 5.41) is 3.50. The fourth-order valence-corrected chi connectivity index (χ4v) is 3.33. The van der Waals surface area contributed by atoms with Gasteiger partial charge in [0.05, 0.1) is 7.11 Å². The second-order valence-electron chi connectivity index (χ2n) is 5.98. The van der Waals surface area contributed by atoms with Crippen molar-refractivity contribution in [1.82, 2.24) is 10.2 Å². The van der Waals surface area contributed by atoms with Gasteiger partial charge in [-0.3, -0.25) is 4.90 Å². The van der Waals surface area contributed by atoms with Crippen LogP contribution in [0.4, 0.5) is 0 Å². The van der Waals surface area contributed by atoms with E-state index in [2.05, 4.69) is 10.2 Å². The number of benzene rings is 1. The molecule has 0 aliphatic carbocycles. The average Bonchev–Trinajstić information content (AvgIpc) is 3.10. The van der Waals surface area contributed by atoms with E-state index in [0.29, 0.717) is 5.41 Å². The summed E-state index contributed by atoms with van der Waals surface area (Å²) in [6.07, 6.45) is 2.67. The van der Waals surface area contributed by atoms with Crippen molar-refractivity contribution in [3.05, 3.63) is 24.3 Å². The molecule has 1 unspecified atom stereocenters. The number of ether oxygens (including phenoxy) is 2. The lowest BCUT2D eigenvalue weighted by Gasteiger charge is -2.22. The zero-order chi connectivity index (χ0) is 13.8. The number of rotatable bonds is 5. The van der Waals surface area contributed by atoms with Gasteiger partial charge in [-0.2, -0.15) is 0 Å². The summed E-state index contributed by atoms with van der Waals surface area (Å²) in [6, 6.07) is 7.80. The predicted octanol–water partition coefficient (Wildman–Crippen LogP) is 1.76.